The summed E-state index contributed by atoms with van der Waals surface area (Å²) in [5.74, 6) is 1.02. The topological polar surface area (TPSA) is 85.9 Å². The zero-order chi connectivity index (χ0) is 17.4. The summed E-state index contributed by atoms with van der Waals surface area (Å²) in [5, 5.41) is 10.5. The highest BCUT2D eigenvalue weighted by molar-refractivity contribution is 5.87. The first-order valence-corrected chi connectivity index (χ1v) is 9.23. The zero-order valence-corrected chi connectivity index (χ0v) is 17.0. The monoisotopic (exact) mass is 417 g/mol. The number of hydrogen-bond acceptors (Lipinski definition) is 6. The molecule has 1 saturated carbocycles. The Kier molecular flexibility index (Phi) is 7.33. The van der Waals surface area contributed by atoms with E-state index in [4.69, 9.17) is 5.73 Å². The minimum Gasteiger partial charge on any atom is -0.390 e. The molecule has 3 aliphatic rings. The third-order valence-electron chi connectivity index (χ3n) is 5.97. The quantitative estimate of drug-likeness (QED) is 0.744. The second kappa shape index (κ2) is 8.92. The zero-order valence-electron chi connectivity index (χ0n) is 15.4. The number of carbonyl (C=O) groups is 1. The second-order valence-electron chi connectivity index (χ2n) is 7.57. The number of piperazine rings is 1. The van der Waals surface area contributed by atoms with Crippen LogP contribution in [0.4, 0.5) is 5.82 Å². The van der Waals surface area contributed by atoms with Crippen LogP contribution in [0.2, 0.25) is 0 Å². The number of rotatable bonds is 3. The van der Waals surface area contributed by atoms with Crippen LogP contribution in [0.15, 0.2) is 24.4 Å². The molecule has 4 rings (SSSR count). The molecular weight excluding hydrogens is 389 g/mol. The minimum atomic E-state index is -0.674. The summed E-state index contributed by atoms with van der Waals surface area (Å²) >= 11 is 0. The van der Waals surface area contributed by atoms with Gasteiger partial charge in [-0.1, -0.05) is 6.07 Å². The second-order valence-corrected chi connectivity index (χ2v) is 7.57. The van der Waals surface area contributed by atoms with Gasteiger partial charge in [-0.3, -0.25) is 9.69 Å². The van der Waals surface area contributed by atoms with Gasteiger partial charge in [-0.15, -0.1) is 24.8 Å². The number of nitrogens with zero attached hydrogens (tertiary/aromatic N) is 4. The van der Waals surface area contributed by atoms with Crippen molar-refractivity contribution in [2.45, 2.75) is 36.9 Å². The van der Waals surface area contributed by atoms with E-state index in [1.807, 2.05) is 24.4 Å². The number of likely N-dealkylation sites (tertiary alicyclic amines) is 1. The van der Waals surface area contributed by atoms with Crippen molar-refractivity contribution < 1.29 is 9.90 Å². The first kappa shape index (κ1) is 22.2. The van der Waals surface area contributed by atoms with E-state index in [0.29, 0.717) is 13.1 Å². The van der Waals surface area contributed by atoms with E-state index in [2.05, 4.69) is 14.8 Å². The van der Waals surface area contributed by atoms with E-state index in [1.54, 1.807) is 4.90 Å². The van der Waals surface area contributed by atoms with Gasteiger partial charge >= 0.3 is 0 Å². The van der Waals surface area contributed by atoms with Crippen LogP contribution < -0.4 is 10.6 Å². The summed E-state index contributed by atoms with van der Waals surface area (Å²) in [7, 11) is 0. The molecule has 152 valence electrons. The Morgan fingerprint density at radius 3 is 2.41 bits per heavy atom. The molecule has 0 aromatic carbocycles. The van der Waals surface area contributed by atoms with Crippen molar-refractivity contribution in [3.8, 4) is 0 Å². The maximum atomic E-state index is 12.6. The number of pyridine rings is 1. The first-order chi connectivity index (χ1) is 12.1. The predicted molar refractivity (Wildman–Crippen MR) is 110 cm³/mol. The molecule has 0 bridgehead atoms. The third kappa shape index (κ3) is 4.32. The molecule has 3 N–H and O–H groups in total. The van der Waals surface area contributed by atoms with Crippen molar-refractivity contribution in [2.24, 2.45) is 5.73 Å². The molecule has 9 heteroatoms. The highest BCUT2D eigenvalue weighted by Gasteiger charge is 2.47. The van der Waals surface area contributed by atoms with E-state index >= 15 is 0 Å². The standard InChI is InChI=1S/C18H27N5O2.2ClH/c19-18(5-3-6-18)17(25)23-12-14(15(24)13-23)21-8-10-22(11-9-21)16-4-1-2-7-20-16;;/h1-2,4,7,14-15,24H,3,5-6,8-13,19H2;2*1H/t14-,15-;;/m0../s1. The maximum absolute atomic E-state index is 12.6. The Bertz CT molecular complexity index is 623. The molecular formula is C18H29Cl2N5O2. The molecule has 2 aliphatic heterocycles. The fourth-order valence-electron chi connectivity index (χ4n) is 4.20. The molecule has 2 atom stereocenters. The largest absolute Gasteiger partial charge is 0.390 e. The Labute approximate surface area is 172 Å². The molecule has 1 amide bonds. The van der Waals surface area contributed by atoms with Gasteiger partial charge < -0.3 is 20.6 Å². The fourth-order valence-corrected chi connectivity index (χ4v) is 4.20. The van der Waals surface area contributed by atoms with Crippen molar-refractivity contribution in [2.75, 3.05) is 44.2 Å². The number of amides is 1. The molecule has 2 saturated heterocycles. The molecule has 0 spiro atoms. The summed E-state index contributed by atoms with van der Waals surface area (Å²) in [6.07, 6.45) is 3.89. The Balaban J connectivity index is 0.00000131. The number of nitrogens with two attached hydrogens (primary N) is 1. The highest BCUT2D eigenvalue weighted by Crippen LogP contribution is 2.32. The van der Waals surface area contributed by atoms with E-state index in [-0.39, 0.29) is 36.8 Å². The fraction of sp³-hybridized carbons (Fsp3) is 0.667. The Morgan fingerprint density at radius 2 is 1.85 bits per heavy atom. The van der Waals surface area contributed by atoms with Crippen LogP contribution in [-0.2, 0) is 4.79 Å². The van der Waals surface area contributed by atoms with Gasteiger partial charge in [0.1, 0.15) is 5.82 Å². The van der Waals surface area contributed by atoms with Crippen molar-refractivity contribution in [1.82, 2.24) is 14.8 Å². The van der Waals surface area contributed by atoms with Gasteiger partial charge in [0, 0.05) is 45.5 Å². The van der Waals surface area contributed by atoms with Crippen LogP contribution >= 0.6 is 24.8 Å². The molecule has 3 heterocycles. The number of aliphatic hydroxyl groups excluding tert-OH is 1. The molecule has 1 aromatic rings. The average molecular weight is 418 g/mol. The summed E-state index contributed by atoms with van der Waals surface area (Å²) in [6, 6.07) is 5.97. The van der Waals surface area contributed by atoms with Crippen LogP contribution in [0.25, 0.3) is 0 Å². The van der Waals surface area contributed by atoms with Gasteiger partial charge in [0.2, 0.25) is 5.91 Å². The van der Waals surface area contributed by atoms with Gasteiger partial charge in [-0.25, -0.2) is 4.98 Å². The van der Waals surface area contributed by atoms with E-state index in [1.165, 1.54) is 0 Å². The molecule has 27 heavy (non-hydrogen) atoms. The number of anilines is 1. The minimum absolute atomic E-state index is 0. The van der Waals surface area contributed by atoms with Gasteiger partial charge in [-0.05, 0) is 31.4 Å². The lowest BCUT2D eigenvalue weighted by atomic mass is 9.76. The van der Waals surface area contributed by atoms with Crippen molar-refractivity contribution in [1.29, 1.82) is 0 Å². The smallest absolute Gasteiger partial charge is 0.242 e. The SMILES string of the molecule is Cl.Cl.NC1(C(=O)N2C[C@H](O)[C@@H](N3CCN(c4ccccn4)CC3)C2)CCC1. The number of carbonyl (C=O) groups excluding carboxylic acids is 1. The summed E-state index contributed by atoms with van der Waals surface area (Å²) in [5.41, 5.74) is 5.50. The van der Waals surface area contributed by atoms with Gasteiger partial charge in [0.25, 0.3) is 0 Å². The molecule has 0 radical (unpaired) electrons. The van der Waals surface area contributed by atoms with Gasteiger partial charge in [-0.2, -0.15) is 0 Å². The molecule has 1 aliphatic carbocycles. The van der Waals surface area contributed by atoms with Crippen molar-refractivity contribution in [3.63, 3.8) is 0 Å². The average Bonchev–Trinajstić information content (AvgIpc) is 3.01. The van der Waals surface area contributed by atoms with Crippen LogP contribution in [0.5, 0.6) is 0 Å². The Hall–Kier alpha value is -1.12. The van der Waals surface area contributed by atoms with Crippen LogP contribution in [0, 0.1) is 0 Å². The number of halogens is 2. The van der Waals surface area contributed by atoms with Gasteiger partial charge in [0.05, 0.1) is 17.7 Å². The summed E-state index contributed by atoms with van der Waals surface area (Å²) < 4.78 is 0. The third-order valence-corrected chi connectivity index (χ3v) is 5.97. The highest BCUT2D eigenvalue weighted by atomic mass is 35.5. The first-order valence-electron chi connectivity index (χ1n) is 9.23. The number of hydrogen-bond donors (Lipinski definition) is 2. The maximum Gasteiger partial charge on any atom is 0.242 e. The van der Waals surface area contributed by atoms with Crippen LogP contribution in [0.1, 0.15) is 19.3 Å². The number of β-amino-alcohol motifs (C(OH)–C–C–N with tert-alkyl or cyclic N) is 1. The van der Waals surface area contributed by atoms with Crippen molar-refractivity contribution >= 4 is 36.5 Å². The number of aliphatic hydroxyl groups is 1. The molecule has 0 unspecified atom stereocenters. The van der Waals surface area contributed by atoms with Gasteiger partial charge in [0.15, 0.2) is 0 Å². The Morgan fingerprint density at radius 1 is 1.15 bits per heavy atom. The lowest BCUT2D eigenvalue weighted by molar-refractivity contribution is -0.139. The van der Waals surface area contributed by atoms with Crippen LogP contribution in [0.3, 0.4) is 0 Å². The lowest BCUT2D eigenvalue weighted by Gasteiger charge is -2.40. The number of aromatic nitrogens is 1. The lowest BCUT2D eigenvalue weighted by Crippen LogP contribution is -2.59. The molecule has 3 fully saturated rings. The summed E-state index contributed by atoms with van der Waals surface area (Å²) in [6.45, 7) is 4.50. The predicted octanol–water partition coefficient (Wildman–Crippen LogP) is 0.500. The van der Waals surface area contributed by atoms with Crippen LogP contribution in [-0.4, -0.2) is 82.8 Å². The van der Waals surface area contributed by atoms with E-state index in [9.17, 15) is 9.90 Å². The summed E-state index contributed by atoms with van der Waals surface area (Å²) in [4.78, 5) is 23.4. The van der Waals surface area contributed by atoms with Crippen molar-refractivity contribution in [3.05, 3.63) is 24.4 Å². The van der Waals surface area contributed by atoms with E-state index in [0.717, 1.165) is 51.3 Å². The normalized spacial score (nSPS) is 27.3. The molecule has 1 aromatic heterocycles. The van der Waals surface area contributed by atoms with E-state index < -0.39 is 11.6 Å². The molecule has 7 nitrogen and oxygen atoms in total.